The number of nitriles is 1. The zero-order chi connectivity index (χ0) is 30.1. The van der Waals surface area contributed by atoms with E-state index in [9.17, 15) is 14.3 Å². The van der Waals surface area contributed by atoms with Crippen molar-refractivity contribution in [2.24, 2.45) is 0 Å². The molecule has 2 saturated heterocycles. The van der Waals surface area contributed by atoms with Crippen molar-refractivity contribution in [1.29, 1.82) is 5.26 Å². The van der Waals surface area contributed by atoms with Crippen molar-refractivity contribution < 1.29 is 23.8 Å². The molecule has 2 unspecified atom stereocenters. The number of aromatic carboxylic acids is 1. The summed E-state index contributed by atoms with van der Waals surface area (Å²) >= 11 is 0. The average molecular weight is 585 g/mol. The average Bonchev–Trinajstić information content (AvgIpc) is 3.35. The summed E-state index contributed by atoms with van der Waals surface area (Å²) in [5, 5.41) is 18.5. The lowest BCUT2D eigenvalue weighted by Gasteiger charge is -2.43. The molecule has 222 valence electrons. The second kappa shape index (κ2) is 12.0. The van der Waals surface area contributed by atoms with Crippen molar-refractivity contribution in [3.05, 3.63) is 82.9 Å². The van der Waals surface area contributed by atoms with Gasteiger partial charge in [0.1, 0.15) is 24.1 Å². The van der Waals surface area contributed by atoms with E-state index in [4.69, 9.17) is 19.7 Å². The summed E-state index contributed by atoms with van der Waals surface area (Å²) in [6, 6.07) is 17.1. The molecule has 2 aromatic carbocycles. The zero-order valence-electron chi connectivity index (χ0n) is 24.1. The molecule has 0 saturated carbocycles. The summed E-state index contributed by atoms with van der Waals surface area (Å²) in [5.74, 6) is 0.644. The van der Waals surface area contributed by atoms with Gasteiger partial charge in [0, 0.05) is 43.9 Å². The van der Waals surface area contributed by atoms with Crippen LogP contribution in [0.2, 0.25) is 0 Å². The maximum absolute atomic E-state index is 14.3. The number of benzene rings is 2. The van der Waals surface area contributed by atoms with Gasteiger partial charge in [0.25, 0.3) is 0 Å². The first-order valence-electron chi connectivity index (χ1n) is 14.4. The predicted octanol–water partition coefficient (Wildman–Crippen LogP) is 4.78. The smallest absolute Gasteiger partial charge is 0.335 e. The summed E-state index contributed by atoms with van der Waals surface area (Å²) in [5.41, 5.74) is 2.45. The van der Waals surface area contributed by atoms with Crippen molar-refractivity contribution in [2.45, 2.75) is 51.6 Å². The summed E-state index contributed by atoms with van der Waals surface area (Å²) in [4.78, 5) is 26.0. The van der Waals surface area contributed by atoms with Crippen LogP contribution in [0.1, 0.15) is 53.6 Å². The lowest BCUT2D eigenvalue weighted by molar-refractivity contribution is -0.0595. The van der Waals surface area contributed by atoms with Crippen LogP contribution < -0.4 is 9.64 Å². The van der Waals surface area contributed by atoms with E-state index >= 15 is 0 Å². The fourth-order valence-corrected chi connectivity index (χ4v) is 5.87. The van der Waals surface area contributed by atoms with Crippen molar-refractivity contribution >= 4 is 22.8 Å². The number of halogens is 1. The van der Waals surface area contributed by atoms with Crippen molar-refractivity contribution in [1.82, 2.24) is 19.4 Å². The van der Waals surface area contributed by atoms with Gasteiger partial charge in [-0.2, -0.15) is 10.2 Å². The number of aromatic nitrogens is 3. The number of hydrogen-bond donors (Lipinski definition) is 1. The highest BCUT2D eigenvalue weighted by atomic mass is 19.1. The molecule has 1 N–H and O–H groups in total. The van der Waals surface area contributed by atoms with Gasteiger partial charge in [-0.3, -0.25) is 4.90 Å². The molecule has 0 amide bonds. The molecule has 0 aliphatic carbocycles. The number of hydrogen-bond acceptors (Lipinski definition) is 8. The van der Waals surface area contributed by atoms with Gasteiger partial charge in [-0.1, -0.05) is 12.1 Å². The summed E-state index contributed by atoms with van der Waals surface area (Å²) < 4.78 is 28.0. The number of anilines is 1. The molecule has 2 fully saturated rings. The lowest BCUT2D eigenvalue weighted by atomic mass is 10.1. The summed E-state index contributed by atoms with van der Waals surface area (Å²) in [6.07, 6.45) is 1.07. The molecule has 4 aromatic rings. The van der Waals surface area contributed by atoms with Gasteiger partial charge in [-0.25, -0.2) is 14.2 Å². The topological polar surface area (TPSA) is 117 Å². The number of carbonyl (C=O) groups is 1. The molecule has 2 aliphatic rings. The monoisotopic (exact) mass is 584 g/mol. The number of ether oxygens (including phenoxy) is 2. The molecular weight excluding hydrogens is 551 g/mol. The molecule has 0 bridgehead atoms. The fourth-order valence-electron chi connectivity index (χ4n) is 5.87. The molecule has 10 nitrogen and oxygen atoms in total. The van der Waals surface area contributed by atoms with Crippen LogP contribution in [0.4, 0.5) is 10.2 Å². The highest BCUT2D eigenvalue weighted by Crippen LogP contribution is 2.31. The molecular formula is C32H33FN6O4. The Morgan fingerprint density at radius 1 is 1.21 bits per heavy atom. The highest BCUT2D eigenvalue weighted by Gasteiger charge is 2.32. The number of rotatable bonds is 9. The number of nitrogens with zero attached hydrogens (tertiary/aromatic N) is 6. The third-order valence-corrected chi connectivity index (χ3v) is 8.34. The molecule has 11 heteroatoms. The van der Waals surface area contributed by atoms with Gasteiger partial charge >= 0.3 is 5.97 Å². The molecule has 3 atom stereocenters. The van der Waals surface area contributed by atoms with Crippen LogP contribution in [0, 0.1) is 17.1 Å². The Morgan fingerprint density at radius 3 is 2.74 bits per heavy atom. The van der Waals surface area contributed by atoms with E-state index in [0.29, 0.717) is 18.0 Å². The van der Waals surface area contributed by atoms with Crippen molar-refractivity contribution in [3.63, 3.8) is 0 Å². The van der Waals surface area contributed by atoms with E-state index in [0.717, 1.165) is 55.3 Å². The highest BCUT2D eigenvalue weighted by molar-refractivity contribution is 5.92. The minimum absolute atomic E-state index is 0.0105. The van der Waals surface area contributed by atoms with Crippen LogP contribution in [-0.2, 0) is 17.9 Å². The number of imidazole rings is 1. The third kappa shape index (κ3) is 5.89. The molecule has 43 heavy (non-hydrogen) atoms. The Morgan fingerprint density at radius 2 is 2.05 bits per heavy atom. The SMILES string of the molecule is CC1CN(c2cccc(OCc3ccc(C#N)cc3F)n2)CCN1[C@@H](C)c1nc2ccc(C(=O)O)cc2n1CC1CCO1. The predicted molar refractivity (Wildman–Crippen MR) is 158 cm³/mol. The lowest BCUT2D eigenvalue weighted by Crippen LogP contribution is -2.53. The van der Waals surface area contributed by atoms with Gasteiger partial charge in [0.05, 0.1) is 46.9 Å². The van der Waals surface area contributed by atoms with Crippen molar-refractivity contribution in [3.8, 4) is 11.9 Å². The second-order valence-electron chi connectivity index (χ2n) is 11.1. The number of carboxylic acids is 1. The summed E-state index contributed by atoms with van der Waals surface area (Å²) in [6.45, 7) is 7.97. The first-order chi connectivity index (χ1) is 20.8. The first kappa shape index (κ1) is 28.6. The minimum atomic E-state index is -0.960. The van der Waals surface area contributed by atoms with Crippen molar-refractivity contribution in [2.75, 3.05) is 31.1 Å². The Labute approximate surface area is 248 Å². The normalized spacial score (nSPS) is 19.5. The van der Waals surface area contributed by atoms with E-state index in [-0.39, 0.29) is 35.9 Å². The van der Waals surface area contributed by atoms with E-state index in [2.05, 4.69) is 33.2 Å². The van der Waals surface area contributed by atoms with Gasteiger partial charge in [0.15, 0.2) is 0 Å². The van der Waals surface area contributed by atoms with Crippen LogP contribution >= 0.6 is 0 Å². The standard InChI is InChI=1S/C32H33FN6O4/c1-20-17-37(29-4-3-5-30(36-29)43-19-24-7-6-22(16-34)14-26(24)33)11-12-38(20)21(2)31-35-27-9-8-23(32(40)41)15-28(27)39(31)18-25-10-13-42-25/h3-9,14-15,20-21,25H,10-13,17-19H2,1-2H3,(H,40,41)/t20?,21-,25?/m0/s1. The van der Waals surface area contributed by atoms with E-state index in [1.165, 1.54) is 6.07 Å². The van der Waals surface area contributed by atoms with Gasteiger partial charge in [-0.15, -0.1) is 0 Å². The van der Waals surface area contributed by atoms with E-state index in [1.807, 2.05) is 18.2 Å². The molecule has 6 rings (SSSR count). The van der Waals surface area contributed by atoms with E-state index in [1.54, 1.807) is 36.4 Å². The fraction of sp³-hybridized carbons (Fsp3) is 0.375. The molecule has 0 spiro atoms. The Hall–Kier alpha value is -4.53. The minimum Gasteiger partial charge on any atom is -0.478 e. The van der Waals surface area contributed by atoms with E-state index < -0.39 is 11.8 Å². The first-order valence-corrected chi connectivity index (χ1v) is 14.4. The van der Waals surface area contributed by atoms with Crippen LogP contribution in [0.15, 0.2) is 54.6 Å². The Kier molecular flexibility index (Phi) is 7.97. The largest absolute Gasteiger partial charge is 0.478 e. The number of pyridine rings is 1. The molecule has 2 aliphatic heterocycles. The zero-order valence-corrected chi connectivity index (χ0v) is 24.1. The van der Waals surface area contributed by atoms with Crippen LogP contribution in [0.25, 0.3) is 11.0 Å². The van der Waals surface area contributed by atoms with Crippen LogP contribution in [-0.4, -0.2) is 68.9 Å². The van der Waals surface area contributed by atoms with Crippen LogP contribution in [0.3, 0.4) is 0 Å². The molecule has 4 heterocycles. The number of piperazine rings is 1. The maximum atomic E-state index is 14.3. The van der Waals surface area contributed by atoms with Gasteiger partial charge < -0.3 is 24.0 Å². The Bertz CT molecular complexity index is 1700. The number of fused-ring (bicyclic) bond motifs is 1. The van der Waals surface area contributed by atoms with Crippen LogP contribution in [0.5, 0.6) is 5.88 Å². The summed E-state index contributed by atoms with van der Waals surface area (Å²) in [7, 11) is 0. The number of carboxylic acid groups (broad SMARTS) is 1. The van der Waals surface area contributed by atoms with Gasteiger partial charge in [0.2, 0.25) is 5.88 Å². The second-order valence-corrected chi connectivity index (χ2v) is 11.1. The quantitative estimate of drug-likeness (QED) is 0.297. The maximum Gasteiger partial charge on any atom is 0.335 e. The third-order valence-electron chi connectivity index (χ3n) is 8.34. The molecule has 2 aromatic heterocycles. The Balaban J connectivity index is 1.16. The van der Waals surface area contributed by atoms with Gasteiger partial charge in [-0.05, 0) is 56.7 Å². The molecule has 0 radical (unpaired) electrons.